The summed E-state index contributed by atoms with van der Waals surface area (Å²) in [4.78, 5) is 25.8. The first-order valence-corrected chi connectivity index (χ1v) is 7.42. The van der Waals surface area contributed by atoms with Crippen LogP contribution in [0.3, 0.4) is 0 Å². The van der Waals surface area contributed by atoms with Gasteiger partial charge >= 0.3 is 0 Å². The van der Waals surface area contributed by atoms with Crippen molar-refractivity contribution in [3.63, 3.8) is 0 Å². The number of nitro groups is 1. The van der Waals surface area contributed by atoms with Gasteiger partial charge in [-0.05, 0) is 18.6 Å². The van der Waals surface area contributed by atoms with E-state index in [4.69, 9.17) is 5.73 Å². The van der Waals surface area contributed by atoms with Crippen molar-refractivity contribution in [2.45, 2.75) is 24.5 Å². The smallest absolute Gasteiger partial charge is 0.288 e. The van der Waals surface area contributed by atoms with E-state index in [2.05, 4.69) is 10.3 Å². The molecule has 3 N–H and O–H groups in total. The van der Waals surface area contributed by atoms with Gasteiger partial charge in [0.1, 0.15) is 12.0 Å². The van der Waals surface area contributed by atoms with Gasteiger partial charge in [0, 0.05) is 17.9 Å². The maximum absolute atomic E-state index is 12.0. The van der Waals surface area contributed by atoms with Crippen LogP contribution in [0.1, 0.15) is 29.6 Å². The van der Waals surface area contributed by atoms with Crippen molar-refractivity contribution in [1.82, 2.24) is 10.3 Å². The molecule has 1 fully saturated rings. The summed E-state index contributed by atoms with van der Waals surface area (Å²) < 4.78 is 0. The number of rotatable bonds is 4. The molecule has 1 aliphatic heterocycles. The fraction of sp³-hybridized carbons (Fsp3) is 0.500. The molecule has 8 heteroatoms. The lowest BCUT2D eigenvalue weighted by Crippen LogP contribution is -2.32. The molecule has 0 bridgehead atoms. The molecule has 0 saturated carbocycles. The Hall–Kier alpha value is -1.83. The number of hydrogen-bond donors (Lipinski definition) is 2. The van der Waals surface area contributed by atoms with Gasteiger partial charge in [0.2, 0.25) is 0 Å². The van der Waals surface area contributed by atoms with Gasteiger partial charge in [0.25, 0.3) is 11.6 Å². The fourth-order valence-electron chi connectivity index (χ4n) is 2.02. The third-order valence-electron chi connectivity index (χ3n) is 3.12. The summed E-state index contributed by atoms with van der Waals surface area (Å²) in [6, 6.07) is 1.16. The SMILES string of the molecule is Nc1ncc([N+](=O)[O-])cc1C(=O)NCC1CCCCS1. The van der Waals surface area contributed by atoms with Crippen LogP contribution in [0, 0.1) is 10.1 Å². The van der Waals surface area contributed by atoms with Gasteiger partial charge < -0.3 is 11.1 Å². The molecule has 20 heavy (non-hydrogen) atoms. The first-order chi connectivity index (χ1) is 9.58. The summed E-state index contributed by atoms with van der Waals surface area (Å²) in [6.07, 6.45) is 4.52. The zero-order valence-electron chi connectivity index (χ0n) is 10.9. The van der Waals surface area contributed by atoms with E-state index < -0.39 is 10.8 Å². The summed E-state index contributed by atoms with van der Waals surface area (Å²) in [6.45, 7) is 0.547. The number of nitrogens with one attached hydrogen (secondary N) is 1. The standard InChI is InChI=1S/C12H16N4O3S/c13-11-10(5-8(6-14-11)16(18)19)12(17)15-7-9-3-1-2-4-20-9/h5-6,9H,1-4,7H2,(H2,13,14)(H,15,17). The van der Waals surface area contributed by atoms with Crippen LogP contribution in [0.25, 0.3) is 0 Å². The topological polar surface area (TPSA) is 111 Å². The lowest BCUT2D eigenvalue weighted by atomic mass is 10.2. The van der Waals surface area contributed by atoms with Crippen molar-refractivity contribution in [3.05, 3.63) is 27.9 Å². The fourth-order valence-corrected chi connectivity index (χ4v) is 3.25. The first-order valence-electron chi connectivity index (χ1n) is 6.37. The number of pyridine rings is 1. The molecule has 1 saturated heterocycles. The van der Waals surface area contributed by atoms with Gasteiger partial charge in [-0.1, -0.05) is 6.42 Å². The zero-order chi connectivity index (χ0) is 14.5. The summed E-state index contributed by atoms with van der Waals surface area (Å²) in [7, 11) is 0. The normalized spacial score (nSPS) is 18.5. The van der Waals surface area contributed by atoms with Crippen molar-refractivity contribution in [3.8, 4) is 0 Å². The Balaban J connectivity index is 2.00. The van der Waals surface area contributed by atoms with Crippen molar-refractivity contribution >= 4 is 29.2 Å². The van der Waals surface area contributed by atoms with Gasteiger partial charge in [0.15, 0.2) is 0 Å². The minimum atomic E-state index is -0.597. The van der Waals surface area contributed by atoms with Crippen LogP contribution in [-0.2, 0) is 0 Å². The molecule has 1 atom stereocenters. The molecule has 0 radical (unpaired) electrons. The van der Waals surface area contributed by atoms with Crippen LogP contribution in [0.5, 0.6) is 0 Å². The molecule has 2 rings (SSSR count). The van der Waals surface area contributed by atoms with Crippen molar-refractivity contribution < 1.29 is 9.72 Å². The van der Waals surface area contributed by atoms with Gasteiger partial charge in [-0.3, -0.25) is 14.9 Å². The number of nitrogens with two attached hydrogens (primary N) is 1. The number of nitrogen functional groups attached to an aromatic ring is 1. The van der Waals surface area contributed by atoms with E-state index in [0.29, 0.717) is 11.8 Å². The monoisotopic (exact) mass is 296 g/mol. The summed E-state index contributed by atoms with van der Waals surface area (Å²) >= 11 is 1.84. The Bertz CT molecular complexity index is 517. The predicted molar refractivity (Wildman–Crippen MR) is 77.7 cm³/mol. The van der Waals surface area contributed by atoms with E-state index in [0.717, 1.165) is 24.4 Å². The summed E-state index contributed by atoms with van der Waals surface area (Å²) in [5.74, 6) is 0.704. The molecule has 2 heterocycles. The molecule has 1 aromatic heterocycles. The van der Waals surface area contributed by atoms with Gasteiger partial charge in [-0.2, -0.15) is 11.8 Å². The van der Waals surface area contributed by atoms with E-state index >= 15 is 0 Å². The zero-order valence-corrected chi connectivity index (χ0v) is 11.7. The number of nitrogens with zero attached hydrogens (tertiary/aromatic N) is 2. The van der Waals surface area contributed by atoms with Crippen LogP contribution >= 0.6 is 11.8 Å². The minimum absolute atomic E-state index is 0.00407. The molecule has 1 amide bonds. The highest BCUT2D eigenvalue weighted by Gasteiger charge is 2.19. The maximum atomic E-state index is 12.0. The lowest BCUT2D eigenvalue weighted by molar-refractivity contribution is -0.385. The van der Waals surface area contributed by atoms with Crippen LogP contribution in [-0.4, -0.2) is 33.4 Å². The Labute approximate surface area is 120 Å². The molecule has 0 aromatic carbocycles. The minimum Gasteiger partial charge on any atom is -0.383 e. The molecule has 1 unspecified atom stereocenters. The van der Waals surface area contributed by atoms with E-state index in [-0.39, 0.29) is 17.1 Å². The highest BCUT2D eigenvalue weighted by atomic mass is 32.2. The second-order valence-corrected chi connectivity index (χ2v) is 5.99. The van der Waals surface area contributed by atoms with Crippen LogP contribution in [0.15, 0.2) is 12.3 Å². The van der Waals surface area contributed by atoms with Crippen LogP contribution < -0.4 is 11.1 Å². The Morgan fingerprint density at radius 1 is 1.60 bits per heavy atom. The second-order valence-electron chi connectivity index (χ2n) is 4.58. The Morgan fingerprint density at radius 3 is 3.05 bits per heavy atom. The third kappa shape index (κ3) is 3.60. The van der Waals surface area contributed by atoms with Gasteiger partial charge in [-0.25, -0.2) is 4.98 Å². The molecule has 0 aliphatic carbocycles. The number of thioether (sulfide) groups is 1. The third-order valence-corrected chi connectivity index (χ3v) is 4.52. The Kier molecular flexibility index (Phi) is 4.78. The molecule has 1 aliphatic rings. The van der Waals surface area contributed by atoms with Crippen LogP contribution in [0.4, 0.5) is 11.5 Å². The molecule has 1 aromatic rings. The van der Waals surface area contributed by atoms with Gasteiger partial charge in [-0.15, -0.1) is 0 Å². The largest absolute Gasteiger partial charge is 0.383 e. The number of anilines is 1. The van der Waals surface area contributed by atoms with E-state index in [1.54, 1.807) is 0 Å². The average molecular weight is 296 g/mol. The van der Waals surface area contributed by atoms with Crippen molar-refractivity contribution in [2.24, 2.45) is 0 Å². The molecule has 7 nitrogen and oxygen atoms in total. The van der Waals surface area contributed by atoms with Crippen molar-refractivity contribution in [1.29, 1.82) is 0 Å². The summed E-state index contributed by atoms with van der Waals surface area (Å²) in [5, 5.41) is 13.9. The number of amides is 1. The van der Waals surface area contributed by atoms with Gasteiger partial charge in [0.05, 0.1) is 10.5 Å². The summed E-state index contributed by atoms with van der Waals surface area (Å²) in [5.41, 5.74) is 5.42. The molecular weight excluding hydrogens is 280 g/mol. The highest BCUT2D eigenvalue weighted by molar-refractivity contribution is 7.99. The number of aromatic nitrogens is 1. The molecular formula is C12H16N4O3S. The lowest BCUT2D eigenvalue weighted by Gasteiger charge is -2.21. The van der Waals surface area contributed by atoms with E-state index in [1.807, 2.05) is 11.8 Å². The van der Waals surface area contributed by atoms with Crippen LogP contribution in [0.2, 0.25) is 0 Å². The second kappa shape index (κ2) is 6.56. The quantitative estimate of drug-likeness (QED) is 0.644. The Morgan fingerprint density at radius 2 is 2.40 bits per heavy atom. The number of carbonyl (C=O) groups excluding carboxylic acids is 1. The average Bonchev–Trinajstić information content (AvgIpc) is 2.46. The number of carbonyl (C=O) groups is 1. The van der Waals surface area contributed by atoms with Crippen molar-refractivity contribution in [2.75, 3.05) is 18.0 Å². The highest BCUT2D eigenvalue weighted by Crippen LogP contribution is 2.24. The first kappa shape index (κ1) is 14.6. The van der Waals surface area contributed by atoms with E-state index in [9.17, 15) is 14.9 Å². The molecule has 108 valence electrons. The van der Waals surface area contributed by atoms with E-state index in [1.165, 1.54) is 12.8 Å². The molecule has 0 spiro atoms. The predicted octanol–water partition coefficient (Wildman–Crippen LogP) is 1.59. The number of hydrogen-bond acceptors (Lipinski definition) is 6. The maximum Gasteiger partial charge on any atom is 0.288 e.